The molecule has 13 heavy (non-hydrogen) atoms. The smallest absolute Gasteiger partial charge is 0.324 e. The zero-order valence-electron chi connectivity index (χ0n) is 7.88. The van der Waals surface area contributed by atoms with Crippen molar-refractivity contribution in [2.24, 2.45) is 11.1 Å². The first-order chi connectivity index (χ1) is 6.11. The summed E-state index contributed by atoms with van der Waals surface area (Å²) in [6.45, 7) is 0. The van der Waals surface area contributed by atoms with Gasteiger partial charge in [-0.05, 0) is 31.1 Å². The maximum atomic E-state index is 11.2. The molecule has 3 N–H and O–H groups in total. The molecule has 3 heteroatoms. The molecule has 0 aromatic rings. The molecule has 0 radical (unpaired) electrons. The van der Waals surface area contributed by atoms with Gasteiger partial charge in [-0.25, -0.2) is 0 Å². The molecule has 2 fully saturated rings. The molecule has 1 spiro atoms. The van der Waals surface area contributed by atoms with Crippen LogP contribution < -0.4 is 5.73 Å². The Bertz CT molecular complexity index is 235. The highest BCUT2D eigenvalue weighted by molar-refractivity contribution is 5.80. The quantitative estimate of drug-likeness (QED) is 0.647. The van der Waals surface area contributed by atoms with E-state index in [1.165, 1.54) is 0 Å². The topological polar surface area (TPSA) is 63.3 Å². The molecule has 3 nitrogen and oxygen atoms in total. The van der Waals surface area contributed by atoms with Crippen LogP contribution >= 0.6 is 0 Å². The fraction of sp³-hybridized carbons (Fsp3) is 0.900. The van der Waals surface area contributed by atoms with Crippen LogP contribution in [0.15, 0.2) is 0 Å². The summed E-state index contributed by atoms with van der Waals surface area (Å²) in [7, 11) is 0. The minimum atomic E-state index is -0.913. The van der Waals surface area contributed by atoms with E-state index in [2.05, 4.69) is 0 Å². The summed E-state index contributed by atoms with van der Waals surface area (Å²) in [5.74, 6) is -0.785. The molecule has 0 saturated heterocycles. The molecule has 0 bridgehead atoms. The summed E-state index contributed by atoms with van der Waals surface area (Å²) < 4.78 is 0. The SMILES string of the molecule is NC1(C(=O)O)CCCCCC12CC2. The summed E-state index contributed by atoms with van der Waals surface area (Å²) in [5.41, 5.74) is 5.10. The second kappa shape index (κ2) is 2.71. The van der Waals surface area contributed by atoms with Gasteiger partial charge < -0.3 is 10.8 Å². The van der Waals surface area contributed by atoms with E-state index in [0.29, 0.717) is 6.42 Å². The van der Waals surface area contributed by atoms with Crippen molar-refractivity contribution in [1.82, 2.24) is 0 Å². The minimum Gasteiger partial charge on any atom is -0.480 e. The molecule has 0 aromatic carbocycles. The van der Waals surface area contributed by atoms with Crippen molar-refractivity contribution in [2.75, 3.05) is 0 Å². The van der Waals surface area contributed by atoms with Gasteiger partial charge in [-0.3, -0.25) is 4.79 Å². The van der Waals surface area contributed by atoms with Crippen molar-refractivity contribution in [2.45, 2.75) is 50.5 Å². The third kappa shape index (κ3) is 1.17. The van der Waals surface area contributed by atoms with Crippen molar-refractivity contribution in [3.05, 3.63) is 0 Å². The standard InChI is InChI=1S/C10H17NO2/c11-10(8(12)13)5-3-1-2-4-9(10)6-7-9/h1-7,11H2,(H,12,13). The lowest BCUT2D eigenvalue weighted by molar-refractivity contribution is -0.146. The van der Waals surface area contributed by atoms with E-state index in [1.807, 2.05) is 0 Å². The second-order valence-electron chi connectivity index (χ2n) is 4.62. The predicted molar refractivity (Wildman–Crippen MR) is 49.3 cm³/mol. The molecule has 2 aliphatic carbocycles. The van der Waals surface area contributed by atoms with E-state index < -0.39 is 11.5 Å². The normalized spacial score (nSPS) is 37.0. The van der Waals surface area contributed by atoms with E-state index in [0.717, 1.165) is 38.5 Å². The van der Waals surface area contributed by atoms with Crippen molar-refractivity contribution >= 4 is 5.97 Å². The van der Waals surface area contributed by atoms with Gasteiger partial charge in [0.15, 0.2) is 0 Å². The van der Waals surface area contributed by atoms with Crippen molar-refractivity contribution in [3.8, 4) is 0 Å². The van der Waals surface area contributed by atoms with Crippen LogP contribution in [0.3, 0.4) is 0 Å². The Labute approximate surface area is 78.3 Å². The first-order valence-corrected chi connectivity index (χ1v) is 5.13. The number of carbonyl (C=O) groups is 1. The molecule has 0 heterocycles. The van der Waals surface area contributed by atoms with Gasteiger partial charge in [0.1, 0.15) is 5.54 Å². The lowest BCUT2D eigenvalue weighted by atomic mass is 9.77. The number of hydrogen-bond acceptors (Lipinski definition) is 2. The van der Waals surface area contributed by atoms with Gasteiger partial charge in [0.25, 0.3) is 0 Å². The first-order valence-electron chi connectivity index (χ1n) is 5.13. The number of nitrogens with two attached hydrogens (primary N) is 1. The third-order valence-electron chi connectivity index (χ3n) is 3.91. The maximum Gasteiger partial charge on any atom is 0.324 e. The zero-order chi connectivity index (χ0) is 9.53. The minimum absolute atomic E-state index is 0.0324. The molecule has 1 atom stereocenters. The van der Waals surface area contributed by atoms with E-state index in [1.54, 1.807) is 0 Å². The van der Waals surface area contributed by atoms with Crippen molar-refractivity contribution < 1.29 is 9.90 Å². The van der Waals surface area contributed by atoms with E-state index in [9.17, 15) is 9.90 Å². The summed E-state index contributed by atoms with van der Waals surface area (Å²) in [4.78, 5) is 11.2. The number of carboxylic acids is 1. The molecule has 2 saturated carbocycles. The fourth-order valence-electron chi connectivity index (χ4n) is 2.71. The summed E-state index contributed by atoms with van der Waals surface area (Å²) in [6, 6.07) is 0. The van der Waals surface area contributed by atoms with Crippen LogP contribution in [0.1, 0.15) is 44.9 Å². The largest absolute Gasteiger partial charge is 0.480 e. The Balaban J connectivity index is 2.26. The van der Waals surface area contributed by atoms with Crippen LogP contribution in [0.2, 0.25) is 0 Å². The number of aliphatic carboxylic acids is 1. The summed E-state index contributed by atoms with van der Waals surface area (Å²) >= 11 is 0. The number of carboxylic acid groups (broad SMARTS) is 1. The molecule has 0 aliphatic heterocycles. The third-order valence-corrected chi connectivity index (χ3v) is 3.91. The zero-order valence-corrected chi connectivity index (χ0v) is 7.88. The second-order valence-corrected chi connectivity index (χ2v) is 4.62. The number of rotatable bonds is 1. The van der Waals surface area contributed by atoms with E-state index in [4.69, 9.17) is 5.73 Å². The van der Waals surface area contributed by atoms with Crippen molar-refractivity contribution in [3.63, 3.8) is 0 Å². The van der Waals surface area contributed by atoms with Crippen LogP contribution in [-0.4, -0.2) is 16.6 Å². The molecule has 74 valence electrons. The highest BCUT2D eigenvalue weighted by atomic mass is 16.4. The Hall–Kier alpha value is -0.570. The average Bonchev–Trinajstić information content (AvgIpc) is 2.85. The van der Waals surface area contributed by atoms with Crippen molar-refractivity contribution in [1.29, 1.82) is 0 Å². The Morgan fingerprint density at radius 1 is 1.08 bits per heavy atom. The fourth-order valence-corrected chi connectivity index (χ4v) is 2.71. The first kappa shape index (κ1) is 9.00. The van der Waals surface area contributed by atoms with Gasteiger partial charge in [0.2, 0.25) is 0 Å². The van der Waals surface area contributed by atoms with Crippen LogP contribution in [0.5, 0.6) is 0 Å². The highest BCUT2D eigenvalue weighted by Gasteiger charge is 2.61. The van der Waals surface area contributed by atoms with Crippen LogP contribution in [0, 0.1) is 5.41 Å². The number of hydrogen-bond donors (Lipinski definition) is 2. The van der Waals surface area contributed by atoms with Gasteiger partial charge in [-0.1, -0.05) is 19.3 Å². The molecular formula is C10H17NO2. The van der Waals surface area contributed by atoms with Crippen LogP contribution in [0.4, 0.5) is 0 Å². The van der Waals surface area contributed by atoms with Gasteiger partial charge in [0, 0.05) is 0 Å². The predicted octanol–water partition coefficient (Wildman–Crippen LogP) is 1.51. The summed E-state index contributed by atoms with van der Waals surface area (Å²) in [5, 5.41) is 9.17. The maximum absolute atomic E-state index is 11.2. The highest BCUT2D eigenvalue weighted by Crippen LogP contribution is 2.59. The Kier molecular flexibility index (Phi) is 1.88. The molecule has 2 aliphatic rings. The Morgan fingerprint density at radius 3 is 2.23 bits per heavy atom. The molecular weight excluding hydrogens is 166 g/mol. The Morgan fingerprint density at radius 2 is 1.69 bits per heavy atom. The van der Waals surface area contributed by atoms with Crippen LogP contribution in [0.25, 0.3) is 0 Å². The van der Waals surface area contributed by atoms with Gasteiger partial charge in [-0.2, -0.15) is 0 Å². The average molecular weight is 183 g/mol. The van der Waals surface area contributed by atoms with Crippen LogP contribution in [-0.2, 0) is 4.79 Å². The molecule has 0 amide bonds. The lowest BCUT2D eigenvalue weighted by Gasteiger charge is -2.32. The van der Waals surface area contributed by atoms with Gasteiger partial charge in [0.05, 0.1) is 0 Å². The van der Waals surface area contributed by atoms with E-state index in [-0.39, 0.29) is 5.41 Å². The van der Waals surface area contributed by atoms with Gasteiger partial charge in [-0.15, -0.1) is 0 Å². The monoisotopic (exact) mass is 183 g/mol. The molecule has 1 unspecified atom stereocenters. The summed E-state index contributed by atoms with van der Waals surface area (Å²) in [6.07, 6.45) is 7.02. The lowest BCUT2D eigenvalue weighted by Crippen LogP contribution is -2.55. The molecule has 0 aromatic heterocycles. The molecule has 2 rings (SSSR count). The van der Waals surface area contributed by atoms with E-state index >= 15 is 0 Å². The van der Waals surface area contributed by atoms with Gasteiger partial charge >= 0.3 is 5.97 Å².